The van der Waals surface area contributed by atoms with Gasteiger partial charge in [-0.15, -0.1) is 24.0 Å². The molecule has 2 aromatic heterocycles. The topological polar surface area (TPSA) is 83.6 Å². The van der Waals surface area contributed by atoms with Crippen molar-refractivity contribution in [3.05, 3.63) is 43.0 Å². The molecule has 0 atom stereocenters. The van der Waals surface area contributed by atoms with E-state index in [4.69, 9.17) is 4.99 Å². The number of nitrogens with zero attached hydrogens (tertiary/aromatic N) is 7. The standard InChI is InChI=1S/C20H26N8O.HI/c1-3-21-20(22-8-9-27-15-23-17-6-4-5-7-18(17)27)26-10-11-28(19(29)14-26)16-12-24-25(2)13-16;/h4-7,12-13,15H,3,8-11,14H2,1-2H3,(H,21,22);1H. The summed E-state index contributed by atoms with van der Waals surface area (Å²) in [4.78, 5) is 25.7. The summed E-state index contributed by atoms with van der Waals surface area (Å²) in [6, 6.07) is 8.07. The van der Waals surface area contributed by atoms with Crippen LogP contribution in [0.1, 0.15) is 6.92 Å². The molecule has 30 heavy (non-hydrogen) atoms. The van der Waals surface area contributed by atoms with Gasteiger partial charge in [0, 0.05) is 39.4 Å². The maximum Gasteiger partial charge on any atom is 0.246 e. The van der Waals surface area contributed by atoms with Crippen molar-refractivity contribution in [2.75, 3.05) is 37.6 Å². The molecule has 0 unspecified atom stereocenters. The Morgan fingerprint density at radius 2 is 2.10 bits per heavy atom. The normalized spacial score (nSPS) is 14.9. The van der Waals surface area contributed by atoms with E-state index in [0.717, 1.165) is 42.3 Å². The largest absolute Gasteiger partial charge is 0.357 e. The third kappa shape index (κ3) is 4.74. The van der Waals surface area contributed by atoms with Crippen LogP contribution in [-0.2, 0) is 18.4 Å². The number of anilines is 1. The zero-order valence-electron chi connectivity index (χ0n) is 17.2. The molecule has 1 aromatic carbocycles. The van der Waals surface area contributed by atoms with Gasteiger partial charge in [0.05, 0.1) is 35.8 Å². The number of fused-ring (bicyclic) bond motifs is 1. The van der Waals surface area contributed by atoms with Crippen LogP contribution in [0.5, 0.6) is 0 Å². The van der Waals surface area contributed by atoms with Crippen LogP contribution < -0.4 is 10.2 Å². The quantitative estimate of drug-likeness (QED) is 0.314. The number of para-hydroxylation sites is 2. The maximum atomic E-state index is 12.7. The summed E-state index contributed by atoms with van der Waals surface area (Å²) in [5, 5.41) is 7.47. The van der Waals surface area contributed by atoms with Crippen molar-refractivity contribution in [2.24, 2.45) is 12.0 Å². The minimum Gasteiger partial charge on any atom is -0.357 e. The number of carbonyl (C=O) groups is 1. The summed E-state index contributed by atoms with van der Waals surface area (Å²) in [6.45, 7) is 5.77. The number of aryl methyl sites for hydroxylation is 1. The van der Waals surface area contributed by atoms with Gasteiger partial charge in [-0.05, 0) is 19.1 Å². The van der Waals surface area contributed by atoms with Gasteiger partial charge < -0.3 is 19.7 Å². The van der Waals surface area contributed by atoms with Crippen molar-refractivity contribution in [1.29, 1.82) is 0 Å². The Kier molecular flexibility index (Phi) is 7.29. The SMILES string of the molecule is CCNC(=NCCn1cnc2ccccc21)N1CCN(c2cnn(C)c2)C(=O)C1.I. The van der Waals surface area contributed by atoms with Gasteiger partial charge >= 0.3 is 0 Å². The fourth-order valence-corrected chi connectivity index (χ4v) is 3.55. The Balaban J connectivity index is 0.00000256. The molecule has 3 aromatic rings. The third-order valence-corrected chi connectivity index (χ3v) is 4.99. The smallest absolute Gasteiger partial charge is 0.246 e. The predicted molar refractivity (Wildman–Crippen MR) is 128 cm³/mol. The fraction of sp³-hybridized carbons (Fsp3) is 0.400. The Morgan fingerprint density at radius 1 is 1.27 bits per heavy atom. The molecule has 0 spiro atoms. The maximum absolute atomic E-state index is 12.7. The first-order chi connectivity index (χ1) is 14.2. The van der Waals surface area contributed by atoms with Gasteiger partial charge in [0.25, 0.3) is 0 Å². The predicted octanol–water partition coefficient (Wildman–Crippen LogP) is 1.70. The van der Waals surface area contributed by atoms with Crippen molar-refractivity contribution in [2.45, 2.75) is 13.5 Å². The van der Waals surface area contributed by atoms with Crippen LogP contribution >= 0.6 is 24.0 Å². The molecule has 4 rings (SSSR count). The average molecular weight is 522 g/mol. The third-order valence-electron chi connectivity index (χ3n) is 4.99. The number of hydrogen-bond acceptors (Lipinski definition) is 4. The Bertz CT molecular complexity index is 1030. The van der Waals surface area contributed by atoms with E-state index in [-0.39, 0.29) is 29.9 Å². The fourth-order valence-electron chi connectivity index (χ4n) is 3.55. The Labute approximate surface area is 192 Å². The monoisotopic (exact) mass is 522 g/mol. The molecule has 1 aliphatic heterocycles. The van der Waals surface area contributed by atoms with Crippen LogP contribution in [0.4, 0.5) is 5.69 Å². The summed E-state index contributed by atoms with van der Waals surface area (Å²) < 4.78 is 3.81. The van der Waals surface area contributed by atoms with Gasteiger partial charge in [-0.2, -0.15) is 5.10 Å². The first-order valence-electron chi connectivity index (χ1n) is 9.88. The molecule has 0 bridgehead atoms. The molecule has 1 fully saturated rings. The highest BCUT2D eigenvalue weighted by Crippen LogP contribution is 2.16. The Morgan fingerprint density at radius 3 is 2.83 bits per heavy atom. The van der Waals surface area contributed by atoms with Crippen molar-refractivity contribution >= 4 is 52.6 Å². The van der Waals surface area contributed by atoms with E-state index in [0.29, 0.717) is 19.6 Å². The lowest BCUT2D eigenvalue weighted by atomic mass is 10.3. The summed E-state index contributed by atoms with van der Waals surface area (Å²) in [5.41, 5.74) is 2.93. The van der Waals surface area contributed by atoms with Crippen LogP contribution in [0.2, 0.25) is 0 Å². The number of aliphatic imine (C=N–C) groups is 1. The molecular weight excluding hydrogens is 495 g/mol. The minimum absolute atomic E-state index is 0. The first-order valence-corrected chi connectivity index (χ1v) is 9.88. The van der Waals surface area contributed by atoms with Gasteiger partial charge in [0.1, 0.15) is 6.54 Å². The number of nitrogens with one attached hydrogen (secondary N) is 1. The minimum atomic E-state index is 0. The number of piperazine rings is 1. The number of amides is 1. The number of guanidine groups is 1. The average Bonchev–Trinajstić information content (AvgIpc) is 3.34. The van der Waals surface area contributed by atoms with Gasteiger partial charge in [-0.3, -0.25) is 14.5 Å². The van der Waals surface area contributed by atoms with E-state index in [1.807, 2.05) is 49.6 Å². The van der Waals surface area contributed by atoms with Gasteiger partial charge in [0.2, 0.25) is 5.91 Å². The molecule has 10 heteroatoms. The second-order valence-electron chi connectivity index (χ2n) is 7.00. The number of imidazole rings is 1. The van der Waals surface area contributed by atoms with E-state index >= 15 is 0 Å². The number of halogens is 1. The van der Waals surface area contributed by atoms with Crippen LogP contribution in [0.3, 0.4) is 0 Å². The number of hydrogen-bond donors (Lipinski definition) is 1. The summed E-state index contributed by atoms with van der Waals surface area (Å²) in [6.07, 6.45) is 5.44. The van der Waals surface area contributed by atoms with Crippen molar-refractivity contribution in [3.8, 4) is 0 Å². The molecule has 3 heterocycles. The van der Waals surface area contributed by atoms with E-state index in [2.05, 4.69) is 26.0 Å². The molecule has 1 saturated heterocycles. The van der Waals surface area contributed by atoms with Crippen LogP contribution in [0.15, 0.2) is 48.0 Å². The molecule has 1 amide bonds. The lowest BCUT2D eigenvalue weighted by Crippen LogP contribution is -2.55. The molecule has 0 saturated carbocycles. The number of rotatable bonds is 5. The molecule has 160 valence electrons. The molecular formula is C20H27IN8O. The van der Waals surface area contributed by atoms with E-state index in [1.54, 1.807) is 15.8 Å². The summed E-state index contributed by atoms with van der Waals surface area (Å²) in [7, 11) is 1.85. The lowest BCUT2D eigenvalue weighted by molar-refractivity contribution is -0.120. The number of aromatic nitrogens is 4. The molecule has 1 aliphatic rings. The summed E-state index contributed by atoms with van der Waals surface area (Å²) >= 11 is 0. The van der Waals surface area contributed by atoms with E-state index < -0.39 is 0 Å². The van der Waals surface area contributed by atoms with Crippen LogP contribution in [0.25, 0.3) is 11.0 Å². The highest BCUT2D eigenvalue weighted by Gasteiger charge is 2.27. The lowest BCUT2D eigenvalue weighted by Gasteiger charge is -2.35. The highest BCUT2D eigenvalue weighted by molar-refractivity contribution is 14.0. The molecule has 0 aliphatic carbocycles. The van der Waals surface area contributed by atoms with Gasteiger partial charge in [-0.25, -0.2) is 4.98 Å². The first kappa shape index (κ1) is 22.1. The highest BCUT2D eigenvalue weighted by atomic mass is 127. The van der Waals surface area contributed by atoms with Gasteiger partial charge in [-0.1, -0.05) is 12.1 Å². The van der Waals surface area contributed by atoms with E-state index in [1.165, 1.54) is 0 Å². The molecule has 0 radical (unpaired) electrons. The number of benzene rings is 1. The second-order valence-corrected chi connectivity index (χ2v) is 7.00. The number of carbonyl (C=O) groups excluding carboxylic acids is 1. The van der Waals surface area contributed by atoms with Crippen LogP contribution in [0, 0.1) is 0 Å². The molecule has 9 nitrogen and oxygen atoms in total. The summed E-state index contributed by atoms with van der Waals surface area (Å²) in [5.74, 6) is 0.826. The van der Waals surface area contributed by atoms with Crippen molar-refractivity contribution in [3.63, 3.8) is 0 Å². The zero-order chi connectivity index (χ0) is 20.2. The van der Waals surface area contributed by atoms with Gasteiger partial charge in [0.15, 0.2) is 5.96 Å². The second kappa shape index (κ2) is 9.92. The van der Waals surface area contributed by atoms with Crippen LogP contribution in [-0.4, -0.2) is 68.8 Å². The molecule has 1 N–H and O–H groups in total. The van der Waals surface area contributed by atoms with Crippen molar-refractivity contribution < 1.29 is 4.79 Å². The zero-order valence-corrected chi connectivity index (χ0v) is 19.6. The van der Waals surface area contributed by atoms with E-state index in [9.17, 15) is 4.79 Å². The Hall–Kier alpha value is -2.63. The van der Waals surface area contributed by atoms with Crippen molar-refractivity contribution in [1.82, 2.24) is 29.5 Å².